The molecule has 0 saturated carbocycles. The molecule has 0 bridgehead atoms. The summed E-state index contributed by atoms with van der Waals surface area (Å²) in [6.07, 6.45) is 0. The molecule has 0 radical (unpaired) electrons. The minimum absolute atomic E-state index is 0.121. The first-order chi connectivity index (χ1) is 18.4. The summed E-state index contributed by atoms with van der Waals surface area (Å²) in [5, 5.41) is 0. The molecule has 0 aliphatic heterocycles. The molecular formula is C36H36BrN. The molecule has 0 saturated heterocycles. The zero-order valence-electron chi connectivity index (χ0n) is 22.9. The highest BCUT2D eigenvalue weighted by Gasteiger charge is 2.26. The SMILES string of the molecule is CC.Cc1ccc(N(c2ccc(Br)cc2)c2ccc(-c3ccccc3)cc2)cc1C(C)(C)c1ccccc1. The van der Waals surface area contributed by atoms with Gasteiger partial charge in [0.15, 0.2) is 0 Å². The number of anilines is 3. The lowest BCUT2D eigenvalue weighted by Crippen LogP contribution is -2.21. The van der Waals surface area contributed by atoms with Crippen molar-refractivity contribution >= 4 is 33.0 Å². The topological polar surface area (TPSA) is 3.24 Å². The van der Waals surface area contributed by atoms with E-state index in [1.54, 1.807) is 0 Å². The number of aryl methyl sites for hydroxylation is 1. The Balaban J connectivity index is 0.00000164. The van der Waals surface area contributed by atoms with Crippen molar-refractivity contribution in [2.75, 3.05) is 4.90 Å². The van der Waals surface area contributed by atoms with Crippen LogP contribution in [0, 0.1) is 6.92 Å². The molecule has 0 heterocycles. The Bertz CT molecular complexity index is 1440. The normalized spacial score (nSPS) is 10.9. The third-order valence-electron chi connectivity index (χ3n) is 6.97. The molecule has 2 heteroatoms. The second kappa shape index (κ2) is 12.3. The van der Waals surface area contributed by atoms with Gasteiger partial charge in [-0.2, -0.15) is 0 Å². The van der Waals surface area contributed by atoms with Crippen molar-refractivity contribution in [1.29, 1.82) is 0 Å². The molecule has 0 aliphatic rings. The number of nitrogens with zero attached hydrogens (tertiary/aromatic N) is 1. The van der Waals surface area contributed by atoms with Gasteiger partial charge in [-0.1, -0.05) is 122 Å². The van der Waals surface area contributed by atoms with Crippen molar-refractivity contribution in [2.45, 2.75) is 40.0 Å². The van der Waals surface area contributed by atoms with Crippen LogP contribution in [0.1, 0.15) is 44.4 Å². The standard InChI is InChI=1S/C34H30BrN.C2H6/c1-25-14-19-32(24-33(25)34(2,3)28-12-8-5-9-13-28)36(31-22-17-29(35)18-23-31)30-20-15-27(16-21-30)26-10-6-4-7-11-26;1-2/h4-24H,1-3H3;1-2H3. The highest BCUT2D eigenvalue weighted by Crippen LogP contribution is 2.40. The summed E-state index contributed by atoms with van der Waals surface area (Å²) < 4.78 is 1.07. The Morgan fingerprint density at radius 2 is 1.03 bits per heavy atom. The van der Waals surface area contributed by atoms with Crippen LogP contribution in [0.2, 0.25) is 0 Å². The zero-order chi connectivity index (χ0) is 27.1. The maximum absolute atomic E-state index is 3.60. The summed E-state index contributed by atoms with van der Waals surface area (Å²) in [6.45, 7) is 10.8. The molecule has 0 aliphatic carbocycles. The molecule has 0 fully saturated rings. The average molecular weight is 563 g/mol. The van der Waals surface area contributed by atoms with E-state index in [2.05, 4.69) is 169 Å². The van der Waals surface area contributed by atoms with Crippen LogP contribution < -0.4 is 4.90 Å². The van der Waals surface area contributed by atoms with Gasteiger partial charge in [0.25, 0.3) is 0 Å². The van der Waals surface area contributed by atoms with Crippen molar-refractivity contribution in [3.8, 4) is 11.1 Å². The van der Waals surface area contributed by atoms with Gasteiger partial charge in [0, 0.05) is 26.9 Å². The largest absolute Gasteiger partial charge is 0.310 e. The van der Waals surface area contributed by atoms with E-state index in [9.17, 15) is 0 Å². The van der Waals surface area contributed by atoms with Gasteiger partial charge < -0.3 is 4.90 Å². The van der Waals surface area contributed by atoms with Gasteiger partial charge in [0.2, 0.25) is 0 Å². The summed E-state index contributed by atoms with van der Waals surface area (Å²) in [5.74, 6) is 0. The van der Waals surface area contributed by atoms with Crippen molar-refractivity contribution in [3.05, 3.63) is 149 Å². The highest BCUT2D eigenvalue weighted by atomic mass is 79.9. The van der Waals surface area contributed by atoms with E-state index in [4.69, 9.17) is 0 Å². The van der Waals surface area contributed by atoms with Crippen molar-refractivity contribution in [3.63, 3.8) is 0 Å². The minimum atomic E-state index is -0.121. The second-order valence-electron chi connectivity index (χ2n) is 9.71. The molecule has 0 spiro atoms. The van der Waals surface area contributed by atoms with Crippen LogP contribution in [0.5, 0.6) is 0 Å². The molecule has 5 rings (SSSR count). The molecule has 192 valence electrons. The van der Waals surface area contributed by atoms with Crippen molar-refractivity contribution in [1.82, 2.24) is 0 Å². The number of hydrogen-bond donors (Lipinski definition) is 0. The third-order valence-corrected chi connectivity index (χ3v) is 7.49. The van der Waals surface area contributed by atoms with E-state index in [1.165, 1.54) is 27.8 Å². The van der Waals surface area contributed by atoms with E-state index in [1.807, 2.05) is 13.8 Å². The molecule has 5 aromatic carbocycles. The predicted octanol–water partition coefficient (Wildman–Crippen LogP) is 11.2. The van der Waals surface area contributed by atoms with Gasteiger partial charge in [-0.05, 0) is 83.3 Å². The molecule has 0 N–H and O–H groups in total. The monoisotopic (exact) mass is 561 g/mol. The fourth-order valence-electron chi connectivity index (χ4n) is 4.90. The lowest BCUT2D eigenvalue weighted by Gasteiger charge is -2.31. The summed E-state index contributed by atoms with van der Waals surface area (Å²) in [6, 6.07) is 45.5. The van der Waals surface area contributed by atoms with Crippen LogP contribution in [0.3, 0.4) is 0 Å². The van der Waals surface area contributed by atoms with E-state index < -0.39 is 0 Å². The Morgan fingerprint density at radius 1 is 0.553 bits per heavy atom. The van der Waals surface area contributed by atoms with Gasteiger partial charge in [0.1, 0.15) is 0 Å². The van der Waals surface area contributed by atoms with E-state index in [0.717, 1.165) is 21.5 Å². The molecule has 0 unspecified atom stereocenters. The van der Waals surface area contributed by atoms with E-state index >= 15 is 0 Å². The molecule has 0 amide bonds. The number of hydrogen-bond acceptors (Lipinski definition) is 1. The Hall–Kier alpha value is -3.62. The van der Waals surface area contributed by atoms with Crippen LogP contribution in [0.4, 0.5) is 17.1 Å². The van der Waals surface area contributed by atoms with Gasteiger partial charge in [-0.3, -0.25) is 0 Å². The molecular weight excluding hydrogens is 526 g/mol. The first-order valence-corrected chi connectivity index (χ1v) is 14.1. The fraction of sp³-hybridized carbons (Fsp3) is 0.167. The average Bonchev–Trinajstić information content (AvgIpc) is 2.97. The van der Waals surface area contributed by atoms with Crippen molar-refractivity contribution < 1.29 is 0 Å². The molecule has 0 aromatic heterocycles. The lowest BCUT2D eigenvalue weighted by molar-refractivity contribution is 0.636. The molecule has 5 aromatic rings. The van der Waals surface area contributed by atoms with Gasteiger partial charge in [-0.15, -0.1) is 0 Å². The molecule has 1 nitrogen and oxygen atoms in total. The molecule has 38 heavy (non-hydrogen) atoms. The summed E-state index contributed by atoms with van der Waals surface area (Å²) in [5.41, 5.74) is 9.65. The number of halogens is 1. The van der Waals surface area contributed by atoms with Crippen LogP contribution in [-0.2, 0) is 5.41 Å². The Labute approximate surface area is 236 Å². The van der Waals surface area contributed by atoms with E-state index in [-0.39, 0.29) is 5.41 Å². The smallest absolute Gasteiger partial charge is 0.0464 e. The Kier molecular flexibility index (Phi) is 8.86. The first-order valence-electron chi connectivity index (χ1n) is 13.3. The summed E-state index contributed by atoms with van der Waals surface area (Å²) >= 11 is 3.60. The summed E-state index contributed by atoms with van der Waals surface area (Å²) in [7, 11) is 0. The van der Waals surface area contributed by atoms with Crippen LogP contribution >= 0.6 is 15.9 Å². The number of rotatable bonds is 6. The fourth-order valence-corrected chi connectivity index (χ4v) is 5.17. The zero-order valence-corrected chi connectivity index (χ0v) is 24.5. The second-order valence-corrected chi connectivity index (χ2v) is 10.6. The first kappa shape index (κ1) is 27.4. The van der Waals surface area contributed by atoms with Crippen LogP contribution in [0.15, 0.2) is 132 Å². The lowest BCUT2D eigenvalue weighted by atomic mass is 9.76. The van der Waals surface area contributed by atoms with Crippen LogP contribution in [0.25, 0.3) is 11.1 Å². The van der Waals surface area contributed by atoms with Gasteiger partial charge >= 0.3 is 0 Å². The van der Waals surface area contributed by atoms with Crippen LogP contribution in [-0.4, -0.2) is 0 Å². The third kappa shape index (κ3) is 5.92. The van der Waals surface area contributed by atoms with Gasteiger partial charge in [-0.25, -0.2) is 0 Å². The number of benzene rings is 5. The quantitative estimate of drug-likeness (QED) is 0.199. The summed E-state index contributed by atoms with van der Waals surface area (Å²) in [4.78, 5) is 2.34. The minimum Gasteiger partial charge on any atom is -0.310 e. The maximum atomic E-state index is 3.60. The van der Waals surface area contributed by atoms with E-state index in [0.29, 0.717) is 0 Å². The highest BCUT2D eigenvalue weighted by molar-refractivity contribution is 9.10. The predicted molar refractivity (Wildman–Crippen MR) is 169 cm³/mol. The molecule has 0 atom stereocenters. The van der Waals surface area contributed by atoms with Crippen molar-refractivity contribution in [2.24, 2.45) is 0 Å². The maximum Gasteiger partial charge on any atom is 0.0464 e. The Morgan fingerprint density at radius 3 is 1.61 bits per heavy atom. The van der Waals surface area contributed by atoms with Gasteiger partial charge in [0.05, 0.1) is 0 Å².